The lowest BCUT2D eigenvalue weighted by Crippen LogP contribution is -2.11. The summed E-state index contributed by atoms with van der Waals surface area (Å²) in [6.45, 7) is -2.71. The number of nitrogens with one attached hydrogen (secondary N) is 1. The zero-order valence-corrected chi connectivity index (χ0v) is 16.0. The lowest BCUT2D eigenvalue weighted by Gasteiger charge is -2.06. The molecule has 5 nitrogen and oxygen atoms in total. The van der Waals surface area contributed by atoms with E-state index in [2.05, 4.69) is 32.6 Å². The molecule has 0 fully saturated rings. The number of rotatable bonds is 7. The van der Waals surface area contributed by atoms with E-state index in [1.54, 1.807) is 6.07 Å². The molecular formula is C19H14F2INO4. The van der Waals surface area contributed by atoms with Crippen molar-refractivity contribution in [3.05, 3.63) is 75.8 Å². The quantitative estimate of drug-likeness (QED) is 0.461. The molecule has 3 rings (SSSR count). The van der Waals surface area contributed by atoms with Gasteiger partial charge in [0, 0.05) is 9.26 Å². The summed E-state index contributed by atoms with van der Waals surface area (Å²) in [7, 11) is 0. The van der Waals surface area contributed by atoms with Gasteiger partial charge in [0.1, 0.15) is 23.9 Å². The fourth-order valence-corrected chi connectivity index (χ4v) is 2.53. The third-order valence-electron chi connectivity index (χ3n) is 3.42. The predicted octanol–water partition coefficient (Wildman–Crippen LogP) is 5.32. The summed E-state index contributed by atoms with van der Waals surface area (Å²) in [5, 5.41) is 2.61. The van der Waals surface area contributed by atoms with Crippen LogP contribution in [0.25, 0.3) is 0 Å². The summed E-state index contributed by atoms with van der Waals surface area (Å²) in [5.41, 5.74) is 0.426. The van der Waals surface area contributed by atoms with E-state index >= 15 is 0 Å². The van der Waals surface area contributed by atoms with Crippen LogP contribution in [0, 0.1) is 3.57 Å². The number of carbonyl (C=O) groups excluding carboxylic acids is 1. The molecule has 8 heteroatoms. The molecule has 0 unspecified atom stereocenters. The normalized spacial score (nSPS) is 10.7. The zero-order chi connectivity index (χ0) is 19.2. The van der Waals surface area contributed by atoms with Crippen molar-refractivity contribution in [2.24, 2.45) is 0 Å². The Morgan fingerprint density at radius 1 is 1.00 bits per heavy atom. The van der Waals surface area contributed by atoms with Crippen molar-refractivity contribution in [1.29, 1.82) is 0 Å². The summed E-state index contributed by atoms with van der Waals surface area (Å²) in [4.78, 5) is 12.2. The maximum Gasteiger partial charge on any atom is 0.387 e. The van der Waals surface area contributed by atoms with Gasteiger partial charge in [-0.15, -0.1) is 0 Å². The van der Waals surface area contributed by atoms with Gasteiger partial charge in [-0.2, -0.15) is 8.78 Å². The number of amides is 1. The van der Waals surface area contributed by atoms with E-state index in [-0.39, 0.29) is 18.1 Å². The molecule has 0 aliphatic rings. The number of halogens is 3. The van der Waals surface area contributed by atoms with Gasteiger partial charge in [0.15, 0.2) is 5.76 Å². The molecule has 1 aromatic heterocycles. The highest BCUT2D eigenvalue weighted by atomic mass is 127. The van der Waals surface area contributed by atoms with Crippen LogP contribution in [0.15, 0.2) is 65.1 Å². The van der Waals surface area contributed by atoms with Crippen molar-refractivity contribution >= 4 is 34.2 Å². The fourth-order valence-electron chi connectivity index (χ4n) is 2.18. The van der Waals surface area contributed by atoms with Crippen LogP contribution in [0.5, 0.6) is 11.5 Å². The van der Waals surface area contributed by atoms with Crippen LogP contribution < -0.4 is 14.8 Å². The van der Waals surface area contributed by atoms with Gasteiger partial charge in [0.25, 0.3) is 5.91 Å². The van der Waals surface area contributed by atoms with Crippen molar-refractivity contribution in [2.75, 3.05) is 5.32 Å². The summed E-state index contributed by atoms with van der Waals surface area (Å²) in [6.07, 6.45) is 0. The van der Waals surface area contributed by atoms with Crippen LogP contribution in [0.4, 0.5) is 14.5 Å². The Balaban J connectivity index is 1.55. The average Bonchev–Trinajstić information content (AvgIpc) is 3.12. The van der Waals surface area contributed by atoms with Gasteiger partial charge in [-0.3, -0.25) is 4.79 Å². The molecule has 0 radical (unpaired) electrons. The maximum absolute atomic E-state index is 12.2. The lowest BCUT2D eigenvalue weighted by molar-refractivity contribution is -0.0498. The van der Waals surface area contributed by atoms with Gasteiger partial charge in [-0.1, -0.05) is 0 Å². The monoisotopic (exact) mass is 485 g/mol. The SMILES string of the molecule is O=C(Nc1ccc(OC(F)F)cc1)c1ccc(COc2ccc(I)cc2)o1. The van der Waals surface area contributed by atoms with E-state index in [9.17, 15) is 13.6 Å². The minimum Gasteiger partial charge on any atom is -0.486 e. The molecule has 140 valence electrons. The summed E-state index contributed by atoms with van der Waals surface area (Å²) in [5.74, 6) is 0.862. The van der Waals surface area contributed by atoms with Crippen LogP contribution in [0.3, 0.4) is 0 Å². The Morgan fingerprint density at radius 3 is 2.33 bits per heavy atom. The predicted molar refractivity (Wildman–Crippen MR) is 103 cm³/mol. The summed E-state index contributed by atoms with van der Waals surface area (Å²) in [6, 6.07) is 16.3. The molecule has 0 saturated carbocycles. The lowest BCUT2D eigenvalue weighted by atomic mass is 10.3. The van der Waals surface area contributed by atoms with Crippen molar-refractivity contribution in [3.8, 4) is 11.5 Å². The van der Waals surface area contributed by atoms with Crippen LogP contribution in [0.2, 0.25) is 0 Å². The standard InChI is InChI=1S/C19H14F2INO4/c20-19(21)27-15-7-3-13(4-8-15)23-18(24)17-10-9-16(26-17)11-25-14-5-1-12(22)2-6-14/h1-10,19H,11H2,(H,23,24). The molecule has 0 aliphatic heterocycles. The zero-order valence-electron chi connectivity index (χ0n) is 13.8. The van der Waals surface area contributed by atoms with Crippen molar-refractivity contribution in [3.63, 3.8) is 0 Å². The largest absolute Gasteiger partial charge is 0.486 e. The molecule has 0 aliphatic carbocycles. The Kier molecular flexibility index (Phi) is 6.28. The van der Waals surface area contributed by atoms with Gasteiger partial charge in [0.2, 0.25) is 0 Å². The number of hydrogen-bond acceptors (Lipinski definition) is 4. The molecule has 1 amide bonds. The van der Waals surface area contributed by atoms with E-state index in [1.807, 2.05) is 24.3 Å². The average molecular weight is 485 g/mol. The number of hydrogen-bond donors (Lipinski definition) is 1. The molecule has 3 aromatic rings. The van der Waals surface area contributed by atoms with Gasteiger partial charge in [-0.05, 0) is 83.3 Å². The topological polar surface area (TPSA) is 60.7 Å². The second kappa shape index (κ2) is 8.85. The Bertz CT molecular complexity index is 895. The second-order valence-corrected chi connectivity index (χ2v) is 6.61. The molecule has 0 atom stereocenters. The molecule has 2 aromatic carbocycles. The molecule has 1 heterocycles. The van der Waals surface area contributed by atoms with Crippen LogP contribution >= 0.6 is 22.6 Å². The van der Waals surface area contributed by atoms with Crippen molar-refractivity contribution in [1.82, 2.24) is 0 Å². The van der Waals surface area contributed by atoms with Gasteiger partial charge < -0.3 is 19.2 Å². The van der Waals surface area contributed by atoms with E-state index in [0.29, 0.717) is 17.2 Å². The maximum atomic E-state index is 12.2. The smallest absolute Gasteiger partial charge is 0.387 e. The molecule has 0 saturated heterocycles. The third kappa shape index (κ3) is 5.68. The minimum absolute atomic E-state index is 0.0102. The highest BCUT2D eigenvalue weighted by molar-refractivity contribution is 14.1. The first kappa shape index (κ1) is 19.2. The summed E-state index contributed by atoms with van der Waals surface area (Å²) >= 11 is 2.20. The Labute approximate surface area is 167 Å². The first-order valence-corrected chi connectivity index (χ1v) is 8.91. The number of alkyl halides is 2. The van der Waals surface area contributed by atoms with E-state index in [1.165, 1.54) is 30.3 Å². The number of benzene rings is 2. The highest BCUT2D eigenvalue weighted by Gasteiger charge is 2.12. The van der Waals surface area contributed by atoms with E-state index in [4.69, 9.17) is 9.15 Å². The third-order valence-corrected chi connectivity index (χ3v) is 4.14. The number of anilines is 1. The molecule has 27 heavy (non-hydrogen) atoms. The van der Waals surface area contributed by atoms with E-state index < -0.39 is 12.5 Å². The van der Waals surface area contributed by atoms with Gasteiger partial charge in [-0.25, -0.2) is 0 Å². The summed E-state index contributed by atoms with van der Waals surface area (Å²) < 4.78 is 40.7. The molecule has 0 bridgehead atoms. The van der Waals surface area contributed by atoms with Crippen LogP contribution in [-0.2, 0) is 6.61 Å². The van der Waals surface area contributed by atoms with Gasteiger partial charge in [0.05, 0.1) is 0 Å². The number of furan rings is 1. The minimum atomic E-state index is -2.89. The van der Waals surface area contributed by atoms with Crippen molar-refractivity contribution in [2.45, 2.75) is 13.2 Å². The second-order valence-electron chi connectivity index (χ2n) is 5.37. The van der Waals surface area contributed by atoms with Gasteiger partial charge >= 0.3 is 6.61 Å². The first-order chi connectivity index (χ1) is 13.0. The number of carbonyl (C=O) groups is 1. The molecule has 0 spiro atoms. The number of ether oxygens (including phenoxy) is 2. The fraction of sp³-hybridized carbons (Fsp3) is 0.105. The van der Waals surface area contributed by atoms with Crippen LogP contribution in [0.1, 0.15) is 16.3 Å². The van der Waals surface area contributed by atoms with Crippen LogP contribution in [-0.4, -0.2) is 12.5 Å². The van der Waals surface area contributed by atoms with Crippen molar-refractivity contribution < 1.29 is 27.5 Å². The highest BCUT2D eigenvalue weighted by Crippen LogP contribution is 2.20. The first-order valence-electron chi connectivity index (χ1n) is 7.83. The Hall–Kier alpha value is -2.62. The Morgan fingerprint density at radius 2 is 1.67 bits per heavy atom. The van der Waals surface area contributed by atoms with E-state index in [0.717, 1.165) is 3.57 Å². The molecular weight excluding hydrogens is 471 g/mol. The molecule has 1 N–H and O–H groups in total.